The van der Waals surface area contributed by atoms with Gasteiger partial charge in [0.1, 0.15) is 13.2 Å². The second kappa shape index (κ2) is 32.4. The Hall–Kier alpha value is -1.14. The minimum atomic E-state index is -0.0629. The number of esters is 2. The zero-order valence-corrected chi connectivity index (χ0v) is 31.1. The van der Waals surface area contributed by atoms with E-state index >= 15 is 0 Å². The van der Waals surface area contributed by atoms with E-state index in [1.54, 1.807) is 0 Å². The maximum Gasteiger partial charge on any atom is 0.305 e. The molecule has 0 atom stereocenters. The van der Waals surface area contributed by atoms with Gasteiger partial charge in [0, 0.05) is 32.0 Å². The number of rotatable bonds is 33. The van der Waals surface area contributed by atoms with Crippen LogP contribution in [-0.2, 0) is 19.1 Å². The Morgan fingerprint density at radius 1 is 0.522 bits per heavy atom. The van der Waals surface area contributed by atoms with Gasteiger partial charge in [-0.25, -0.2) is 0 Å². The van der Waals surface area contributed by atoms with Crippen LogP contribution in [0.2, 0.25) is 0 Å². The summed E-state index contributed by atoms with van der Waals surface area (Å²) >= 11 is 0. The summed E-state index contributed by atoms with van der Waals surface area (Å²) in [4.78, 5) is 29.8. The zero-order chi connectivity index (χ0) is 33.3. The summed E-state index contributed by atoms with van der Waals surface area (Å²) in [6, 6.07) is 0.462. The number of piperidine rings is 1. The van der Waals surface area contributed by atoms with E-state index in [0.717, 1.165) is 64.7 Å². The van der Waals surface area contributed by atoms with Crippen molar-refractivity contribution in [3.05, 3.63) is 0 Å². The van der Waals surface area contributed by atoms with Gasteiger partial charge in [0.15, 0.2) is 0 Å². The van der Waals surface area contributed by atoms with Crippen molar-refractivity contribution >= 4 is 11.9 Å². The molecule has 0 saturated carbocycles. The molecule has 6 nitrogen and oxygen atoms in total. The van der Waals surface area contributed by atoms with Crippen LogP contribution >= 0.6 is 0 Å². The van der Waals surface area contributed by atoms with Crippen LogP contribution in [-0.4, -0.2) is 73.7 Å². The molecule has 46 heavy (non-hydrogen) atoms. The highest BCUT2D eigenvalue weighted by Crippen LogP contribution is 2.18. The van der Waals surface area contributed by atoms with Crippen LogP contribution < -0.4 is 0 Å². The van der Waals surface area contributed by atoms with Gasteiger partial charge in [-0.1, -0.05) is 149 Å². The summed E-state index contributed by atoms with van der Waals surface area (Å²) in [6.45, 7) is 12.5. The van der Waals surface area contributed by atoms with Crippen LogP contribution in [0.4, 0.5) is 0 Å². The summed E-state index contributed by atoms with van der Waals surface area (Å²) < 4.78 is 11.3. The molecular formula is C40H78N2O4. The van der Waals surface area contributed by atoms with Crippen LogP contribution in [0.1, 0.15) is 194 Å². The van der Waals surface area contributed by atoms with Crippen LogP contribution in [0.3, 0.4) is 0 Å². The monoisotopic (exact) mass is 651 g/mol. The van der Waals surface area contributed by atoms with Crippen LogP contribution in [0.25, 0.3) is 0 Å². The van der Waals surface area contributed by atoms with E-state index in [0.29, 0.717) is 32.1 Å². The molecule has 0 unspecified atom stereocenters. The van der Waals surface area contributed by atoms with Crippen LogP contribution in [0.15, 0.2) is 0 Å². The predicted octanol–water partition coefficient (Wildman–Crippen LogP) is 10.7. The van der Waals surface area contributed by atoms with Gasteiger partial charge in [-0.05, 0) is 51.7 Å². The molecule has 1 heterocycles. The summed E-state index contributed by atoms with van der Waals surface area (Å²) in [5.74, 6) is -0.126. The first-order valence-electron chi connectivity index (χ1n) is 20.4. The second-order valence-corrected chi connectivity index (χ2v) is 14.1. The highest BCUT2D eigenvalue weighted by molar-refractivity contribution is 5.69. The minimum absolute atomic E-state index is 0.0629. The predicted molar refractivity (Wildman–Crippen MR) is 195 cm³/mol. The minimum Gasteiger partial charge on any atom is -0.464 e. The lowest BCUT2D eigenvalue weighted by Crippen LogP contribution is -2.47. The molecule has 0 radical (unpaired) electrons. The van der Waals surface area contributed by atoms with E-state index in [-0.39, 0.29) is 11.9 Å². The molecule has 1 aliphatic rings. The van der Waals surface area contributed by atoms with Gasteiger partial charge >= 0.3 is 11.9 Å². The van der Waals surface area contributed by atoms with Gasteiger partial charge in [-0.15, -0.1) is 0 Å². The van der Waals surface area contributed by atoms with E-state index < -0.39 is 0 Å². The van der Waals surface area contributed by atoms with E-state index in [9.17, 15) is 9.59 Å². The number of hydrogen-bond donors (Lipinski definition) is 0. The molecule has 1 aliphatic heterocycles. The maximum absolute atomic E-state index is 12.4. The highest BCUT2D eigenvalue weighted by Gasteiger charge is 2.24. The second-order valence-electron chi connectivity index (χ2n) is 14.1. The first kappa shape index (κ1) is 42.9. The van der Waals surface area contributed by atoms with Gasteiger partial charge in [-0.2, -0.15) is 0 Å². The van der Waals surface area contributed by atoms with Crippen molar-refractivity contribution in [1.29, 1.82) is 0 Å². The van der Waals surface area contributed by atoms with Crippen molar-refractivity contribution < 1.29 is 19.1 Å². The van der Waals surface area contributed by atoms with E-state index in [1.807, 2.05) is 0 Å². The molecule has 0 aliphatic carbocycles. The summed E-state index contributed by atoms with van der Waals surface area (Å²) in [5, 5.41) is 0. The smallest absolute Gasteiger partial charge is 0.305 e. The molecule has 1 fully saturated rings. The molecule has 0 aromatic carbocycles. The van der Waals surface area contributed by atoms with Crippen molar-refractivity contribution in [3.63, 3.8) is 0 Å². The number of unbranched alkanes of at least 4 members (excludes halogenated alkanes) is 20. The first-order valence-corrected chi connectivity index (χ1v) is 20.4. The first-order chi connectivity index (χ1) is 22.6. The Morgan fingerprint density at radius 3 is 1.22 bits per heavy atom. The SMILES string of the molecule is CCCCCCCCCCCCCC(=O)OCCN(CCOC(=O)CCCCCCCCCCCCC)C1CCN(CCC)CC1. The third-order valence-corrected chi connectivity index (χ3v) is 9.87. The Bertz CT molecular complexity index is 636. The van der Waals surface area contributed by atoms with E-state index in [2.05, 4.69) is 30.6 Å². The lowest BCUT2D eigenvalue weighted by atomic mass is 10.0. The fourth-order valence-electron chi connectivity index (χ4n) is 6.87. The Balaban J connectivity index is 2.20. The van der Waals surface area contributed by atoms with Gasteiger partial charge in [0.05, 0.1) is 0 Å². The number of nitrogens with zero attached hydrogens (tertiary/aromatic N) is 2. The molecule has 0 bridgehead atoms. The topological polar surface area (TPSA) is 59.1 Å². The standard InChI is InChI=1S/C40H78N2O4/c1-4-7-9-11-13-15-17-19-21-23-25-27-39(43)45-36-34-42(38-29-32-41(31-6-3)33-30-38)35-37-46-40(44)28-26-24-22-20-18-16-14-12-10-8-5-2/h38H,4-37H2,1-3H3. The molecule has 0 N–H and O–H groups in total. The summed E-state index contributed by atoms with van der Waals surface area (Å²) in [5.41, 5.74) is 0. The average molecular weight is 651 g/mol. The van der Waals surface area contributed by atoms with Crippen LogP contribution in [0.5, 0.6) is 0 Å². The molecule has 1 rings (SSSR count). The van der Waals surface area contributed by atoms with Gasteiger partial charge in [0.25, 0.3) is 0 Å². The number of ether oxygens (including phenoxy) is 2. The molecule has 272 valence electrons. The van der Waals surface area contributed by atoms with Gasteiger partial charge < -0.3 is 14.4 Å². The normalized spacial score (nSPS) is 14.3. The highest BCUT2D eigenvalue weighted by atomic mass is 16.5. The zero-order valence-electron chi connectivity index (χ0n) is 31.1. The Kier molecular flexibility index (Phi) is 30.2. The van der Waals surface area contributed by atoms with Crippen molar-refractivity contribution in [2.45, 2.75) is 200 Å². The number of hydrogen-bond acceptors (Lipinski definition) is 6. The molecular weight excluding hydrogens is 572 g/mol. The molecule has 0 spiro atoms. The lowest BCUT2D eigenvalue weighted by molar-refractivity contribution is -0.145. The number of likely N-dealkylation sites (tertiary alicyclic amines) is 1. The molecule has 0 amide bonds. The van der Waals surface area contributed by atoms with Crippen molar-refractivity contribution in [2.24, 2.45) is 0 Å². The Morgan fingerprint density at radius 2 is 0.870 bits per heavy atom. The third kappa shape index (κ3) is 25.9. The van der Waals surface area contributed by atoms with Crippen molar-refractivity contribution in [3.8, 4) is 0 Å². The van der Waals surface area contributed by atoms with Crippen LogP contribution in [0, 0.1) is 0 Å². The fourth-order valence-corrected chi connectivity index (χ4v) is 6.87. The quantitative estimate of drug-likeness (QED) is 0.0520. The van der Waals surface area contributed by atoms with E-state index in [4.69, 9.17) is 9.47 Å². The maximum atomic E-state index is 12.4. The van der Waals surface area contributed by atoms with Gasteiger partial charge in [0.2, 0.25) is 0 Å². The molecule has 0 aromatic rings. The number of carbonyl (C=O) groups is 2. The molecule has 6 heteroatoms. The van der Waals surface area contributed by atoms with Crippen molar-refractivity contribution in [1.82, 2.24) is 9.80 Å². The number of carbonyl (C=O) groups excluding carboxylic acids is 2. The van der Waals surface area contributed by atoms with E-state index in [1.165, 1.54) is 129 Å². The third-order valence-electron chi connectivity index (χ3n) is 9.87. The molecule has 1 saturated heterocycles. The molecule has 0 aromatic heterocycles. The largest absolute Gasteiger partial charge is 0.464 e. The van der Waals surface area contributed by atoms with Gasteiger partial charge in [-0.3, -0.25) is 14.5 Å². The summed E-state index contributed by atoms with van der Waals surface area (Å²) in [6.07, 6.45) is 32.7. The lowest BCUT2D eigenvalue weighted by Gasteiger charge is -2.38. The van der Waals surface area contributed by atoms with Crippen molar-refractivity contribution in [2.75, 3.05) is 45.9 Å². The fraction of sp³-hybridized carbons (Fsp3) is 0.950. The summed E-state index contributed by atoms with van der Waals surface area (Å²) in [7, 11) is 0. The Labute approximate surface area is 286 Å². The average Bonchev–Trinajstić information content (AvgIpc) is 3.06.